The Morgan fingerprint density at radius 2 is 2.50 bits per heavy atom. The molecule has 0 aliphatic rings. The van der Waals surface area contributed by atoms with Crippen LogP contribution in [0.1, 0.15) is 0 Å². The molecule has 0 spiro atoms. The summed E-state index contributed by atoms with van der Waals surface area (Å²) < 4.78 is 4.69. The van der Waals surface area contributed by atoms with Crippen molar-refractivity contribution >= 4 is 5.69 Å². The van der Waals surface area contributed by atoms with Crippen LogP contribution >= 0.6 is 0 Å². The van der Waals surface area contributed by atoms with Crippen molar-refractivity contribution in [1.82, 2.24) is 10.2 Å². The Balaban J connectivity index is 3.19. The molecule has 0 bridgehead atoms. The first kappa shape index (κ1) is 6.60. The molecule has 3 N–H and O–H groups in total. The van der Waals surface area contributed by atoms with Crippen molar-refractivity contribution < 1.29 is 4.74 Å². The van der Waals surface area contributed by atoms with Gasteiger partial charge in [-0.15, -0.1) is 5.10 Å². The van der Waals surface area contributed by atoms with Gasteiger partial charge in [0.05, 0.1) is 7.11 Å². The number of hydrogen-bond acceptors (Lipinski definition) is 4. The molecule has 5 heteroatoms. The molecule has 0 saturated carbocycles. The van der Waals surface area contributed by atoms with E-state index in [0.717, 1.165) is 0 Å². The molecule has 10 heavy (non-hydrogen) atoms. The topological polar surface area (TPSA) is 81.0 Å². The molecule has 1 heterocycles. The van der Waals surface area contributed by atoms with E-state index in [1.807, 2.05) is 0 Å². The Hall–Kier alpha value is -1.52. The van der Waals surface area contributed by atoms with Gasteiger partial charge in [-0.2, -0.15) is 0 Å². The smallest absolute Gasteiger partial charge is 0.266 e. The van der Waals surface area contributed by atoms with Crippen LogP contribution in [0.15, 0.2) is 10.9 Å². The summed E-state index contributed by atoms with van der Waals surface area (Å²) in [5.41, 5.74) is 5.23. The summed E-state index contributed by atoms with van der Waals surface area (Å²) in [6, 6.07) is 1.21. The molecule has 1 aromatic heterocycles. The minimum atomic E-state index is -0.335. The molecular formula is C5H7N3O2. The number of methoxy groups -OCH3 is 1. The van der Waals surface area contributed by atoms with Crippen LogP contribution in [-0.2, 0) is 0 Å². The van der Waals surface area contributed by atoms with E-state index in [1.54, 1.807) is 0 Å². The van der Waals surface area contributed by atoms with Crippen LogP contribution in [0.2, 0.25) is 0 Å². The largest absolute Gasteiger partial charge is 0.479 e. The van der Waals surface area contributed by atoms with Gasteiger partial charge < -0.3 is 10.5 Å². The van der Waals surface area contributed by atoms with Crippen molar-refractivity contribution in [3.8, 4) is 5.88 Å². The maximum absolute atomic E-state index is 10.5. The standard InChI is InChI=1S/C5H7N3O2/c1-10-5-3(6)2-4(9)7-8-5/h2H,1H3,(H3,6,7,9). The van der Waals surface area contributed by atoms with E-state index in [0.29, 0.717) is 0 Å². The van der Waals surface area contributed by atoms with Gasteiger partial charge in [0.25, 0.3) is 11.4 Å². The lowest BCUT2D eigenvalue weighted by atomic mass is 10.5. The van der Waals surface area contributed by atoms with Crippen molar-refractivity contribution in [3.05, 3.63) is 16.4 Å². The molecule has 0 fully saturated rings. The third kappa shape index (κ3) is 1.07. The minimum Gasteiger partial charge on any atom is -0.479 e. The molecular weight excluding hydrogens is 134 g/mol. The number of nitrogens with zero attached hydrogens (tertiary/aromatic N) is 1. The second-order valence-electron chi connectivity index (χ2n) is 1.70. The quantitative estimate of drug-likeness (QED) is 0.545. The summed E-state index contributed by atoms with van der Waals surface area (Å²) in [7, 11) is 1.43. The summed E-state index contributed by atoms with van der Waals surface area (Å²) in [4.78, 5) is 10.5. The van der Waals surface area contributed by atoms with Gasteiger partial charge in [-0.25, -0.2) is 5.10 Å². The van der Waals surface area contributed by atoms with Crippen molar-refractivity contribution in [2.45, 2.75) is 0 Å². The summed E-state index contributed by atoms with van der Waals surface area (Å²) in [5, 5.41) is 5.69. The summed E-state index contributed by atoms with van der Waals surface area (Å²) in [5.74, 6) is 0.236. The predicted molar refractivity (Wildman–Crippen MR) is 35.8 cm³/mol. The second-order valence-corrected chi connectivity index (χ2v) is 1.70. The number of aromatic amines is 1. The van der Waals surface area contributed by atoms with Gasteiger partial charge in [-0.05, 0) is 0 Å². The van der Waals surface area contributed by atoms with E-state index in [2.05, 4.69) is 10.2 Å². The molecule has 0 aliphatic carbocycles. The van der Waals surface area contributed by atoms with Gasteiger partial charge >= 0.3 is 0 Å². The number of aromatic nitrogens is 2. The highest BCUT2D eigenvalue weighted by Crippen LogP contribution is 2.10. The van der Waals surface area contributed by atoms with Crippen LogP contribution in [-0.4, -0.2) is 17.3 Å². The van der Waals surface area contributed by atoms with E-state index < -0.39 is 0 Å². The van der Waals surface area contributed by atoms with Gasteiger partial charge in [0, 0.05) is 6.07 Å². The highest BCUT2D eigenvalue weighted by atomic mass is 16.5. The van der Waals surface area contributed by atoms with Gasteiger partial charge in [-0.1, -0.05) is 0 Å². The Kier molecular flexibility index (Phi) is 1.57. The summed E-state index contributed by atoms with van der Waals surface area (Å²) >= 11 is 0. The Morgan fingerprint density at radius 1 is 1.80 bits per heavy atom. The number of anilines is 1. The molecule has 0 radical (unpaired) electrons. The van der Waals surface area contributed by atoms with E-state index in [-0.39, 0.29) is 17.1 Å². The van der Waals surface area contributed by atoms with E-state index in [4.69, 9.17) is 10.5 Å². The van der Waals surface area contributed by atoms with Crippen LogP contribution in [0.3, 0.4) is 0 Å². The zero-order chi connectivity index (χ0) is 7.56. The van der Waals surface area contributed by atoms with Gasteiger partial charge in [-0.3, -0.25) is 4.79 Å². The highest BCUT2D eigenvalue weighted by molar-refractivity contribution is 5.45. The fourth-order valence-electron chi connectivity index (χ4n) is 0.569. The zero-order valence-corrected chi connectivity index (χ0v) is 5.42. The molecule has 0 aliphatic heterocycles. The molecule has 0 amide bonds. The SMILES string of the molecule is COc1n[nH]c(=O)cc1N. The fourth-order valence-corrected chi connectivity index (χ4v) is 0.569. The summed E-state index contributed by atoms with van der Waals surface area (Å²) in [6.07, 6.45) is 0. The number of rotatable bonds is 1. The third-order valence-corrected chi connectivity index (χ3v) is 0.995. The maximum atomic E-state index is 10.5. The van der Waals surface area contributed by atoms with E-state index >= 15 is 0 Å². The maximum Gasteiger partial charge on any atom is 0.266 e. The summed E-state index contributed by atoms with van der Waals surface area (Å²) in [6.45, 7) is 0. The van der Waals surface area contributed by atoms with Crippen LogP contribution < -0.4 is 16.0 Å². The molecule has 0 saturated heterocycles. The lowest BCUT2D eigenvalue weighted by molar-refractivity contribution is 0.394. The molecule has 0 unspecified atom stereocenters. The average molecular weight is 141 g/mol. The first-order valence-electron chi connectivity index (χ1n) is 2.63. The van der Waals surface area contributed by atoms with Crippen LogP contribution in [0, 0.1) is 0 Å². The number of nitrogen functional groups attached to an aromatic ring is 1. The number of nitrogens with one attached hydrogen (secondary N) is 1. The first-order valence-corrected chi connectivity index (χ1v) is 2.63. The van der Waals surface area contributed by atoms with Gasteiger partial charge in [0.1, 0.15) is 5.69 Å². The minimum absolute atomic E-state index is 0.236. The van der Waals surface area contributed by atoms with Crippen molar-refractivity contribution in [2.75, 3.05) is 12.8 Å². The van der Waals surface area contributed by atoms with Crippen LogP contribution in [0.5, 0.6) is 5.88 Å². The predicted octanol–water partition coefficient (Wildman–Crippen LogP) is -0.639. The van der Waals surface area contributed by atoms with Crippen LogP contribution in [0.4, 0.5) is 5.69 Å². The fraction of sp³-hybridized carbons (Fsp3) is 0.200. The van der Waals surface area contributed by atoms with Gasteiger partial charge in [0.2, 0.25) is 0 Å². The second kappa shape index (κ2) is 2.38. The molecule has 0 aromatic carbocycles. The highest BCUT2D eigenvalue weighted by Gasteiger charge is 1.98. The molecule has 1 aromatic rings. The normalized spacial score (nSPS) is 9.30. The number of ether oxygens (including phenoxy) is 1. The number of hydrogen-bond donors (Lipinski definition) is 2. The van der Waals surface area contributed by atoms with E-state index in [9.17, 15) is 4.79 Å². The molecule has 54 valence electrons. The van der Waals surface area contributed by atoms with Crippen molar-refractivity contribution in [2.24, 2.45) is 0 Å². The lowest BCUT2D eigenvalue weighted by Gasteiger charge is -1.98. The van der Waals surface area contributed by atoms with Gasteiger partial charge in [0.15, 0.2) is 0 Å². The lowest BCUT2D eigenvalue weighted by Crippen LogP contribution is -2.09. The monoisotopic (exact) mass is 141 g/mol. The van der Waals surface area contributed by atoms with Crippen molar-refractivity contribution in [1.29, 1.82) is 0 Å². The third-order valence-electron chi connectivity index (χ3n) is 0.995. The Morgan fingerprint density at radius 3 is 3.00 bits per heavy atom. The molecule has 5 nitrogen and oxygen atoms in total. The van der Waals surface area contributed by atoms with E-state index in [1.165, 1.54) is 13.2 Å². The number of nitrogens with two attached hydrogens (primary N) is 1. The Bertz CT molecular complexity index is 280. The Labute approximate surface area is 56.8 Å². The first-order chi connectivity index (χ1) is 4.74. The molecule has 0 atom stereocenters. The zero-order valence-electron chi connectivity index (χ0n) is 5.42. The van der Waals surface area contributed by atoms with Crippen molar-refractivity contribution in [3.63, 3.8) is 0 Å². The number of H-pyrrole nitrogens is 1. The van der Waals surface area contributed by atoms with Crippen LogP contribution in [0.25, 0.3) is 0 Å². The average Bonchev–Trinajstić information content (AvgIpc) is 1.88. The molecule has 1 rings (SSSR count).